The summed E-state index contributed by atoms with van der Waals surface area (Å²) in [7, 11) is 3.21. The van der Waals surface area contributed by atoms with Crippen LogP contribution in [0.4, 0.5) is 0 Å². The van der Waals surface area contributed by atoms with Crippen molar-refractivity contribution >= 4 is 15.9 Å². The second kappa shape index (κ2) is 6.06. The molecule has 1 heterocycles. The van der Waals surface area contributed by atoms with Gasteiger partial charge < -0.3 is 13.9 Å². The predicted octanol–water partition coefficient (Wildman–Crippen LogP) is 3.60. The van der Waals surface area contributed by atoms with Crippen LogP contribution in [-0.4, -0.2) is 24.4 Å². The van der Waals surface area contributed by atoms with Gasteiger partial charge in [0.15, 0.2) is 0 Å². The smallest absolute Gasteiger partial charge is 0.251 e. The van der Waals surface area contributed by atoms with Gasteiger partial charge in [-0.2, -0.15) is 0 Å². The fraction of sp³-hybridized carbons (Fsp3) is 0.385. The van der Waals surface area contributed by atoms with Crippen LogP contribution in [-0.2, 0) is 0 Å². The molecule has 0 amide bonds. The Balaban J connectivity index is 2.42. The summed E-state index contributed by atoms with van der Waals surface area (Å²) in [6.07, 6.45) is 0.872. The van der Waals surface area contributed by atoms with Gasteiger partial charge >= 0.3 is 0 Å². The third-order valence-electron chi connectivity index (χ3n) is 2.70. The minimum Gasteiger partial charge on any atom is -0.497 e. The molecule has 0 saturated heterocycles. The lowest BCUT2D eigenvalue weighted by atomic mass is 10.2. The Kier molecular flexibility index (Phi) is 4.42. The third kappa shape index (κ3) is 2.89. The molecule has 0 aliphatic rings. The predicted molar refractivity (Wildman–Crippen MR) is 74.8 cm³/mol. The molecule has 1 atom stereocenters. The van der Waals surface area contributed by atoms with Gasteiger partial charge in [-0.1, -0.05) is 22.9 Å². The number of aromatic nitrogens is 2. The van der Waals surface area contributed by atoms with Crippen molar-refractivity contribution in [1.29, 1.82) is 0 Å². The highest BCUT2D eigenvalue weighted by molar-refractivity contribution is 9.09. The normalized spacial score (nSPS) is 12.2. The van der Waals surface area contributed by atoms with E-state index in [0.29, 0.717) is 23.3 Å². The van der Waals surface area contributed by atoms with Crippen molar-refractivity contribution in [1.82, 2.24) is 10.2 Å². The number of methoxy groups -OCH3 is 2. The summed E-state index contributed by atoms with van der Waals surface area (Å²) in [6.45, 7) is 2.04. The monoisotopic (exact) mass is 326 g/mol. The van der Waals surface area contributed by atoms with Crippen LogP contribution >= 0.6 is 15.9 Å². The molecule has 0 N–H and O–H groups in total. The number of benzene rings is 1. The van der Waals surface area contributed by atoms with Gasteiger partial charge in [0.2, 0.25) is 5.89 Å². The van der Waals surface area contributed by atoms with E-state index >= 15 is 0 Å². The number of rotatable bonds is 5. The summed E-state index contributed by atoms with van der Waals surface area (Å²) >= 11 is 3.48. The molecule has 0 spiro atoms. The molecule has 0 bridgehead atoms. The largest absolute Gasteiger partial charge is 0.497 e. The van der Waals surface area contributed by atoms with Gasteiger partial charge in [0.25, 0.3) is 5.89 Å². The number of hydrogen-bond acceptors (Lipinski definition) is 5. The minimum atomic E-state index is 0.0605. The van der Waals surface area contributed by atoms with Gasteiger partial charge in [-0.05, 0) is 24.6 Å². The fourth-order valence-electron chi connectivity index (χ4n) is 1.63. The van der Waals surface area contributed by atoms with Gasteiger partial charge in [0.05, 0.1) is 24.6 Å². The van der Waals surface area contributed by atoms with Crippen molar-refractivity contribution in [3.63, 3.8) is 0 Å². The summed E-state index contributed by atoms with van der Waals surface area (Å²) in [4.78, 5) is 0.0605. The van der Waals surface area contributed by atoms with Crippen molar-refractivity contribution in [2.75, 3.05) is 14.2 Å². The summed E-state index contributed by atoms with van der Waals surface area (Å²) in [5.41, 5.74) is 0.719. The number of halogens is 1. The SMILES string of the molecule is CCC(Br)c1nnc(-c2cc(OC)ccc2OC)o1. The van der Waals surface area contributed by atoms with E-state index in [0.717, 1.165) is 12.0 Å². The van der Waals surface area contributed by atoms with Crippen LogP contribution in [0.3, 0.4) is 0 Å². The number of nitrogens with zero attached hydrogens (tertiary/aromatic N) is 2. The van der Waals surface area contributed by atoms with E-state index in [4.69, 9.17) is 13.9 Å². The molecule has 1 unspecified atom stereocenters. The highest BCUT2D eigenvalue weighted by Crippen LogP contribution is 2.34. The highest BCUT2D eigenvalue weighted by Gasteiger charge is 2.18. The summed E-state index contributed by atoms with van der Waals surface area (Å²) in [5, 5.41) is 8.09. The molecule has 6 heteroatoms. The van der Waals surface area contributed by atoms with Crippen molar-refractivity contribution in [2.24, 2.45) is 0 Å². The molecule has 0 saturated carbocycles. The first-order chi connectivity index (χ1) is 9.19. The second-order valence-electron chi connectivity index (χ2n) is 3.89. The molecule has 2 aromatic rings. The maximum atomic E-state index is 5.66. The molecular formula is C13H15BrN2O3. The molecule has 19 heavy (non-hydrogen) atoms. The maximum Gasteiger partial charge on any atom is 0.251 e. The van der Waals surface area contributed by atoms with Crippen LogP contribution in [0.15, 0.2) is 22.6 Å². The number of ether oxygens (including phenoxy) is 2. The zero-order valence-electron chi connectivity index (χ0n) is 11.0. The van der Waals surface area contributed by atoms with E-state index in [-0.39, 0.29) is 4.83 Å². The van der Waals surface area contributed by atoms with Crippen LogP contribution in [0.25, 0.3) is 11.5 Å². The van der Waals surface area contributed by atoms with Gasteiger partial charge in [0, 0.05) is 0 Å². The topological polar surface area (TPSA) is 57.4 Å². The lowest BCUT2D eigenvalue weighted by molar-refractivity contribution is 0.402. The van der Waals surface area contributed by atoms with E-state index in [2.05, 4.69) is 26.1 Å². The van der Waals surface area contributed by atoms with Crippen molar-refractivity contribution in [2.45, 2.75) is 18.2 Å². The summed E-state index contributed by atoms with van der Waals surface area (Å²) < 4.78 is 16.2. The molecule has 0 aliphatic heterocycles. The standard InChI is InChI=1S/C13H15BrN2O3/c1-4-10(14)13-16-15-12(19-13)9-7-8(17-2)5-6-11(9)18-3/h5-7,10H,4H2,1-3H3. The minimum absolute atomic E-state index is 0.0605. The molecular weight excluding hydrogens is 312 g/mol. The van der Waals surface area contributed by atoms with Gasteiger partial charge in [0.1, 0.15) is 11.5 Å². The van der Waals surface area contributed by atoms with E-state index in [1.54, 1.807) is 14.2 Å². The van der Waals surface area contributed by atoms with Gasteiger partial charge in [-0.25, -0.2) is 0 Å². The Bertz CT molecular complexity index is 557. The summed E-state index contributed by atoms with van der Waals surface area (Å²) in [6, 6.07) is 5.44. The van der Waals surface area contributed by atoms with Crippen LogP contribution in [0.5, 0.6) is 11.5 Å². The molecule has 0 fully saturated rings. The van der Waals surface area contributed by atoms with E-state index in [1.165, 1.54) is 0 Å². The van der Waals surface area contributed by atoms with Crippen LogP contribution < -0.4 is 9.47 Å². The first-order valence-corrected chi connectivity index (χ1v) is 6.81. The Morgan fingerprint density at radius 2 is 2.05 bits per heavy atom. The first-order valence-electron chi connectivity index (χ1n) is 5.89. The van der Waals surface area contributed by atoms with E-state index in [1.807, 2.05) is 25.1 Å². The number of alkyl halides is 1. The van der Waals surface area contributed by atoms with Crippen LogP contribution in [0.2, 0.25) is 0 Å². The lowest BCUT2D eigenvalue weighted by Crippen LogP contribution is -1.90. The molecule has 0 radical (unpaired) electrons. The number of hydrogen-bond donors (Lipinski definition) is 0. The van der Waals surface area contributed by atoms with Crippen molar-refractivity contribution < 1.29 is 13.9 Å². The van der Waals surface area contributed by atoms with Crippen molar-refractivity contribution in [3.05, 3.63) is 24.1 Å². The molecule has 1 aromatic carbocycles. The molecule has 2 rings (SSSR count). The Labute approximate surface area is 120 Å². The fourth-order valence-corrected chi connectivity index (χ4v) is 1.81. The zero-order chi connectivity index (χ0) is 13.8. The zero-order valence-corrected chi connectivity index (χ0v) is 12.6. The first kappa shape index (κ1) is 13.9. The van der Waals surface area contributed by atoms with E-state index in [9.17, 15) is 0 Å². The van der Waals surface area contributed by atoms with Crippen molar-refractivity contribution in [3.8, 4) is 23.0 Å². The van der Waals surface area contributed by atoms with E-state index < -0.39 is 0 Å². The maximum absolute atomic E-state index is 5.66. The Morgan fingerprint density at radius 3 is 2.68 bits per heavy atom. The van der Waals surface area contributed by atoms with Crippen LogP contribution in [0.1, 0.15) is 24.1 Å². The van der Waals surface area contributed by atoms with Gasteiger partial charge in [-0.3, -0.25) is 0 Å². The second-order valence-corrected chi connectivity index (χ2v) is 4.99. The van der Waals surface area contributed by atoms with Gasteiger partial charge in [-0.15, -0.1) is 10.2 Å². The molecule has 1 aromatic heterocycles. The van der Waals surface area contributed by atoms with Crippen LogP contribution in [0, 0.1) is 0 Å². The highest BCUT2D eigenvalue weighted by atomic mass is 79.9. The average molecular weight is 327 g/mol. The average Bonchev–Trinajstić information content (AvgIpc) is 2.95. The Morgan fingerprint density at radius 1 is 1.26 bits per heavy atom. The lowest BCUT2D eigenvalue weighted by Gasteiger charge is -2.07. The molecule has 0 aliphatic carbocycles. The Hall–Kier alpha value is -1.56. The molecule has 102 valence electrons. The molecule has 5 nitrogen and oxygen atoms in total. The third-order valence-corrected chi connectivity index (χ3v) is 3.74. The summed E-state index contributed by atoms with van der Waals surface area (Å²) in [5.74, 6) is 2.35. The quantitative estimate of drug-likeness (QED) is 0.786.